The van der Waals surface area contributed by atoms with E-state index in [4.69, 9.17) is 4.74 Å². The molecule has 0 amide bonds. The minimum absolute atomic E-state index is 0.145. The van der Waals surface area contributed by atoms with Crippen molar-refractivity contribution in [2.45, 2.75) is 32.5 Å². The van der Waals surface area contributed by atoms with Gasteiger partial charge in [0.25, 0.3) is 11.3 Å². The van der Waals surface area contributed by atoms with E-state index in [-0.39, 0.29) is 11.2 Å². The molecule has 0 saturated carbocycles. The topological polar surface area (TPSA) is 74.3 Å². The molecule has 8 heteroatoms. The predicted octanol–water partition coefficient (Wildman–Crippen LogP) is 0.889. The van der Waals surface area contributed by atoms with Gasteiger partial charge in [0.05, 0.1) is 17.6 Å². The standard InChI is InChI=1S/C12H13N5O2S/c1-12(2)4-6-7(5-19-12)20-9-8(6)10(18)17-11(13-9)16(3)14-15-17/h4-5H2,1-3H3. The molecule has 0 saturated heterocycles. The highest BCUT2D eigenvalue weighted by molar-refractivity contribution is 7.18. The van der Waals surface area contributed by atoms with Crippen LogP contribution in [0.25, 0.3) is 16.0 Å². The summed E-state index contributed by atoms with van der Waals surface area (Å²) in [5, 5.41) is 8.37. The van der Waals surface area contributed by atoms with E-state index in [0.29, 0.717) is 24.2 Å². The Balaban J connectivity index is 2.12. The minimum Gasteiger partial charge on any atom is -0.370 e. The zero-order valence-corrected chi connectivity index (χ0v) is 12.2. The van der Waals surface area contributed by atoms with Gasteiger partial charge < -0.3 is 4.74 Å². The van der Waals surface area contributed by atoms with E-state index in [9.17, 15) is 4.79 Å². The number of nitrogens with zero attached hydrogens (tertiary/aromatic N) is 5. The van der Waals surface area contributed by atoms with E-state index in [0.717, 1.165) is 15.3 Å². The van der Waals surface area contributed by atoms with Crippen LogP contribution in [0.5, 0.6) is 0 Å². The van der Waals surface area contributed by atoms with Crippen LogP contribution < -0.4 is 5.56 Å². The number of hydrogen-bond donors (Lipinski definition) is 0. The molecule has 4 heterocycles. The lowest BCUT2D eigenvalue weighted by Gasteiger charge is -2.29. The molecule has 0 fully saturated rings. The van der Waals surface area contributed by atoms with Gasteiger partial charge >= 0.3 is 0 Å². The highest BCUT2D eigenvalue weighted by Gasteiger charge is 2.31. The third-order valence-corrected chi connectivity index (χ3v) is 4.72. The number of aryl methyl sites for hydroxylation is 1. The normalized spacial score (nSPS) is 17.8. The van der Waals surface area contributed by atoms with E-state index in [2.05, 4.69) is 15.4 Å². The quantitative estimate of drug-likeness (QED) is 0.615. The molecule has 7 nitrogen and oxygen atoms in total. The van der Waals surface area contributed by atoms with Gasteiger partial charge in [0.1, 0.15) is 4.83 Å². The first kappa shape index (κ1) is 12.0. The summed E-state index contributed by atoms with van der Waals surface area (Å²) in [7, 11) is 1.72. The van der Waals surface area contributed by atoms with Crippen molar-refractivity contribution >= 4 is 27.3 Å². The van der Waals surface area contributed by atoms with Gasteiger partial charge in [-0.25, -0.2) is 4.68 Å². The van der Waals surface area contributed by atoms with Crippen molar-refractivity contribution in [1.29, 1.82) is 0 Å². The maximum absolute atomic E-state index is 12.6. The van der Waals surface area contributed by atoms with Crippen molar-refractivity contribution in [3.8, 4) is 0 Å². The minimum atomic E-state index is -0.255. The van der Waals surface area contributed by atoms with Gasteiger partial charge in [-0.1, -0.05) is 0 Å². The highest BCUT2D eigenvalue weighted by atomic mass is 32.1. The Morgan fingerprint density at radius 3 is 2.95 bits per heavy atom. The smallest absolute Gasteiger partial charge is 0.286 e. The fourth-order valence-electron chi connectivity index (χ4n) is 2.60. The van der Waals surface area contributed by atoms with E-state index < -0.39 is 0 Å². The highest BCUT2D eigenvalue weighted by Crippen LogP contribution is 2.36. The lowest BCUT2D eigenvalue weighted by molar-refractivity contribution is -0.0379. The summed E-state index contributed by atoms with van der Waals surface area (Å²) in [6.07, 6.45) is 0.714. The van der Waals surface area contributed by atoms with Crippen LogP contribution in [-0.2, 0) is 24.8 Å². The predicted molar refractivity (Wildman–Crippen MR) is 74.0 cm³/mol. The van der Waals surface area contributed by atoms with E-state index >= 15 is 0 Å². The Hall–Kier alpha value is -1.80. The molecule has 3 aromatic rings. The number of fused-ring (bicyclic) bond motifs is 4. The van der Waals surface area contributed by atoms with E-state index in [1.54, 1.807) is 7.05 Å². The molecule has 104 valence electrons. The van der Waals surface area contributed by atoms with Crippen LogP contribution in [0, 0.1) is 0 Å². The molecule has 0 radical (unpaired) electrons. The largest absolute Gasteiger partial charge is 0.370 e. The van der Waals surface area contributed by atoms with Gasteiger partial charge in [-0.2, -0.15) is 4.98 Å². The van der Waals surface area contributed by atoms with Gasteiger partial charge in [0, 0.05) is 18.3 Å². The SMILES string of the molecule is Cn1nnn2c(=O)c3c4c(sc3nc12)COC(C)(C)C4. The Labute approximate surface area is 117 Å². The number of rotatable bonds is 0. The molecule has 0 aromatic carbocycles. The van der Waals surface area contributed by atoms with Crippen LogP contribution in [-0.4, -0.2) is 30.2 Å². The second-order valence-corrected chi connectivity index (χ2v) is 6.72. The van der Waals surface area contributed by atoms with Gasteiger partial charge in [-0.05, 0) is 29.8 Å². The van der Waals surface area contributed by atoms with Crippen molar-refractivity contribution in [3.05, 3.63) is 20.8 Å². The summed E-state index contributed by atoms with van der Waals surface area (Å²) in [5.41, 5.74) is 0.655. The Bertz CT molecular complexity index is 904. The van der Waals surface area contributed by atoms with Crippen LogP contribution in [0.15, 0.2) is 4.79 Å². The van der Waals surface area contributed by atoms with Crippen molar-refractivity contribution in [2.75, 3.05) is 0 Å². The third kappa shape index (κ3) is 1.49. The van der Waals surface area contributed by atoms with Crippen LogP contribution >= 0.6 is 11.3 Å². The third-order valence-electron chi connectivity index (χ3n) is 3.62. The Kier molecular flexibility index (Phi) is 2.18. The molecule has 20 heavy (non-hydrogen) atoms. The lowest BCUT2D eigenvalue weighted by Crippen LogP contribution is -2.31. The van der Waals surface area contributed by atoms with Crippen LogP contribution in [0.3, 0.4) is 0 Å². The molecule has 0 unspecified atom stereocenters. The fraction of sp³-hybridized carbons (Fsp3) is 0.500. The summed E-state index contributed by atoms with van der Waals surface area (Å²) < 4.78 is 8.57. The number of thiophene rings is 1. The van der Waals surface area contributed by atoms with Gasteiger partial charge in [-0.15, -0.1) is 15.9 Å². The second kappa shape index (κ2) is 3.64. The number of hydrogen-bond acceptors (Lipinski definition) is 6. The van der Waals surface area contributed by atoms with Crippen molar-refractivity contribution in [2.24, 2.45) is 7.05 Å². The zero-order valence-electron chi connectivity index (χ0n) is 11.4. The first-order valence-electron chi connectivity index (χ1n) is 6.33. The van der Waals surface area contributed by atoms with Crippen LogP contribution in [0.1, 0.15) is 24.3 Å². The van der Waals surface area contributed by atoms with Gasteiger partial charge in [-0.3, -0.25) is 4.79 Å². The molecule has 0 bridgehead atoms. The van der Waals surface area contributed by atoms with Crippen molar-refractivity contribution in [1.82, 2.24) is 24.6 Å². The molecule has 0 spiro atoms. The monoisotopic (exact) mass is 291 g/mol. The fourth-order valence-corrected chi connectivity index (χ4v) is 3.69. The summed E-state index contributed by atoms with van der Waals surface area (Å²) in [5.74, 6) is 0.460. The lowest BCUT2D eigenvalue weighted by atomic mass is 9.94. The van der Waals surface area contributed by atoms with Gasteiger partial charge in [0.15, 0.2) is 0 Å². The van der Waals surface area contributed by atoms with E-state index in [1.165, 1.54) is 20.5 Å². The molecule has 0 aliphatic carbocycles. The number of ether oxygens (including phenoxy) is 1. The summed E-state index contributed by atoms with van der Waals surface area (Å²) in [4.78, 5) is 19.0. The van der Waals surface area contributed by atoms with Crippen molar-refractivity contribution in [3.63, 3.8) is 0 Å². The average molecular weight is 291 g/mol. The second-order valence-electron chi connectivity index (χ2n) is 5.64. The summed E-state index contributed by atoms with van der Waals surface area (Å²) in [6, 6.07) is 0. The molecule has 4 rings (SSSR count). The molecule has 0 atom stereocenters. The average Bonchev–Trinajstić information content (AvgIpc) is 2.91. The van der Waals surface area contributed by atoms with E-state index in [1.807, 2.05) is 13.8 Å². The molecular weight excluding hydrogens is 278 g/mol. The van der Waals surface area contributed by atoms with Crippen molar-refractivity contribution < 1.29 is 4.74 Å². The van der Waals surface area contributed by atoms with Crippen LogP contribution in [0.4, 0.5) is 0 Å². The molecular formula is C12H13N5O2S. The maximum atomic E-state index is 12.6. The number of aromatic nitrogens is 5. The molecule has 1 aliphatic heterocycles. The Morgan fingerprint density at radius 1 is 1.35 bits per heavy atom. The molecule has 3 aromatic heterocycles. The number of tetrazole rings is 1. The molecule has 1 aliphatic rings. The van der Waals surface area contributed by atoms with Crippen LogP contribution in [0.2, 0.25) is 0 Å². The van der Waals surface area contributed by atoms with Gasteiger partial charge in [0.2, 0.25) is 0 Å². The maximum Gasteiger partial charge on any atom is 0.286 e. The zero-order chi connectivity index (χ0) is 14.1. The summed E-state index contributed by atoms with van der Waals surface area (Å²) >= 11 is 1.52. The summed E-state index contributed by atoms with van der Waals surface area (Å²) in [6.45, 7) is 4.60. The molecule has 0 N–H and O–H groups in total. The first-order chi connectivity index (χ1) is 9.46. The first-order valence-corrected chi connectivity index (χ1v) is 7.15. The Morgan fingerprint density at radius 2 is 2.15 bits per heavy atom.